The van der Waals surface area contributed by atoms with Gasteiger partial charge in [-0.1, -0.05) is 19.1 Å². The van der Waals surface area contributed by atoms with Gasteiger partial charge in [0.25, 0.3) is 5.91 Å². The van der Waals surface area contributed by atoms with Crippen molar-refractivity contribution < 1.29 is 19.4 Å². The highest BCUT2D eigenvalue weighted by molar-refractivity contribution is 5.94. The van der Waals surface area contributed by atoms with Crippen molar-refractivity contribution in [2.75, 3.05) is 6.54 Å². The number of hydrogen-bond donors (Lipinski definition) is 2. The van der Waals surface area contributed by atoms with Gasteiger partial charge in [0.2, 0.25) is 0 Å². The lowest BCUT2D eigenvalue weighted by molar-refractivity contribution is -0.149. The highest BCUT2D eigenvalue weighted by atomic mass is 16.5. The lowest BCUT2D eigenvalue weighted by atomic mass is 10.1. The lowest BCUT2D eigenvalue weighted by Crippen LogP contribution is -2.33. The Morgan fingerprint density at radius 2 is 2.00 bits per heavy atom. The molecule has 0 aromatic heterocycles. The van der Waals surface area contributed by atoms with Crippen LogP contribution in [0, 0.1) is 0 Å². The molecule has 20 heavy (non-hydrogen) atoms. The standard InChI is InChI=1S/C15H19NO4/c1-2-10-3-5-11(6-4-10)14(17)16-9-12-7-8-13(20-12)15(18)19/h3-6,12-13H,2,7-9H2,1H3,(H,16,17)(H,18,19). The topological polar surface area (TPSA) is 75.6 Å². The van der Waals surface area contributed by atoms with Crippen LogP contribution in [-0.4, -0.2) is 35.7 Å². The van der Waals surface area contributed by atoms with E-state index in [-0.39, 0.29) is 12.0 Å². The van der Waals surface area contributed by atoms with Crippen molar-refractivity contribution in [2.45, 2.75) is 38.4 Å². The van der Waals surface area contributed by atoms with E-state index < -0.39 is 12.1 Å². The number of nitrogens with one attached hydrogen (secondary N) is 1. The van der Waals surface area contributed by atoms with E-state index in [9.17, 15) is 9.59 Å². The van der Waals surface area contributed by atoms with Gasteiger partial charge in [-0.3, -0.25) is 4.79 Å². The summed E-state index contributed by atoms with van der Waals surface area (Å²) in [6.45, 7) is 2.41. The van der Waals surface area contributed by atoms with E-state index in [1.165, 1.54) is 5.56 Å². The fourth-order valence-corrected chi connectivity index (χ4v) is 2.24. The van der Waals surface area contributed by atoms with Crippen LogP contribution in [0.25, 0.3) is 0 Å². The largest absolute Gasteiger partial charge is 0.479 e. The number of benzene rings is 1. The zero-order valence-electron chi connectivity index (χ0n) is 11.5. The second-order valence-electron chi connectivity index (χ2n) is 4.92. The monoisotopic (exact) mass is 277 g/mol. The average molecular weight is 277 g/mol. The van der Waals surface area contributed by atoms with Crippen LogP contribution in [0.3, 0.4) is 0 Å². The van der Waals surface area contributed by atoms with Crippen molar-refractivity contribution >= 4 is 11.9 Å². The van der Waals surface area contributed by atoms with Gasteiger partial charge in [0.15, 0.2) is 6.10 Å². The lowest BCUT2D eigenvalue weighted by Gasteiger charge is -2.12. The van der Waals surface area contributed by atoms with Crippen LogP contribution in [0.15, 0.2) is 24.3 Å². The molecular weight excluding hydrogens is 258 g/mol. The Balaban J connectivity index is 1.81. The molecule has 0 aliphatic carbocycles. The van der Waals surface area contributed by atoms with Crippen LogP contribution in [0.1, 0.15) is 35.7 Å². The number of ether oxygens (including phenoxy) is 1. The molecule has 0 spiro atoms. The molecule has 0 radical (unpaired) electrons. The highest BCUT2D eigenvalue weighted by Gasteiger charge is 2.30. The zero-order valence-corrected chi connectivity index (χ0v) is 11.5. The van der Waals surface area contributed by atoms with E-state index >= 15 is 0 Å². The zero-order chi connectivity index (χ0) is 14.5. The third kappa shape index (κ3) is 3.57. The molecule has 2 N–H and O–H groups in total. The minimum atomic E-state index is -0.936. The first-order valence-electron chi connectivity index (χ1n) is 6.85. The third-order valence-corrected chi connectivity index (χ3v) is 3.50. The van der Waals surface area contributed by atoms with Crippen LogP contribution in [-0.2, 0) is 16.0 Å². The fourth-order valence-electron chi connectivity index (χ4n) is 2.24. The molecule has 1 aromatic carbocycles. The average Bonchev–Trinajstić information content (AvgIpc) is 2.94. The summed E-state index contributed by atoms with van der Waals surface area (Å²) in [6.07, 6.45) is 1.15. The molecule has 1 aliphatic rings. The smallest absolute Gasteiger partial charge is 0.332 e. The third-order valence-electron chi connectivity index (χ3n) is 3.50. The molecule has 1 amide bonds. The van der Waals surface area contributed by atoms with Crippen molar-refractivity contribution in [1.29, 1.82) is 0 Å². The molecular formula is C15H19NO4. The van der Waals surface area contributed by atoms with E-state index in [1.807, 2.05) is 12.1 Å². The minimum absolute atomic E-state index is 0.157. The summed E-state index contributed by atoms with van der Waals surface area (Å²) < 4.78 is 5.33. The highest BCUT2D eigenvalue weighted by Crippen LogP contribution is 2.19. The summed E-state index contributed by atoms with van der Waals surface area (Å²) in [4.78, 5) is 22.7. The van der Waals surface area contributed by atoms with E-state index in [4.69, 9.17) is 9.84 Å². The van der Waals surface area contributed by atoms with Gasteiger partial charge in [0.05, 0.1) is 6.10 Å². The summed E-state index contributed by atoms with van der Waals surface area (Å²) in [5, 5.41) is 11.6. The van der Waals surface area contributed by atoms with Gasteiger partial charge in [-0.15, -0.1) is 0 Å². The van der Waals surface area contributed by atoms with Gasteiger partial charge in [-0.25, -0.2) is 4.79 Å². The maximum atomic E-state index is 11.9. The van der Waals surface area contributed by atoms with E-state index in [2.05, 4.69) is 12.2 Å². The number of carbonyl (C=O) groups is 2. The number of aryl methyl sites for hydroxylation is 1. The van der Waals surface area contributed by atoms with E-state index in [0.717, 1.165) is 6.42 Å². The quantitative estimate of drug-likeness (QED) is 0.857. The maximum absolute atomic E-state index is 11.9. The molecule has 1 aliphatic heterocycles. The van der Waals surface area contributed by atoms with Gasteiger partial charge >= 0.3 is 5.97 Å². The van der Waals surface area contributed by atoms with Crippen molar-refractivity contribution in [3.05, 3.63) is 35.4 Å². The second kappa shape index (κ2) is 6.52. The van der Waals surface area contributed by atoms with Crippen LogP contribution in [0.2, 0.25) is 0 Å². The van der Waals surface area contributed by atoms with Gasteiger partial charge < -0.3 is 15.2 Å². The van der Waals surface area contributed by atoms with Crippen molar-refractivity contribution in [3.63, 3.8) is 0 Å². The van der Waals surface area contributed by atoms with Crippen molar-refractivity contribution in [3.8, 4) is 0 Å². The molecule has 1 fully saturated rings. The Kier molecular flexibility index (Phi) is 4.74. The molecule has 108 valence electrons. The minimum Gasteiger partial charge on any atom is -0.479 e. The number of carboxylic acid groups (broad SMARTS) is 1. The van der Waals surface area contributed by atoms with Gasteiger partial charge in [0, 0.05) is 12.1 Å². The molecule has 2 unspecified atom stereocenters. The molecule has 1 heterocycles. The molecule has 1 saturated heterocycles. The van der Waals surface area contributed by atoms with Gasteiger partial charge in [-0.05, 0) is 37.0 Å². The molecule has 5 nitrogen and oxygen atoms in total. The van der Waals surface area contributed by atoms with Crippen molar-refractivity contribution in [1.82, 2.24) is 5.32 Å². The van der Waals surface area contributed by atoms with Crippen LogP contribution in [0.5, 0.6) is 0 Å². The van der Waals surface area contributed by atoms with Gasteiger partial charge in [0.1, 0.15) is 0 Å². The Hall–Kier alpha value is -1.88. The number of hydrogen-bond acceptors (Lipinski definition) is 3. The van der Waals surface area contributed by atoms with Crippen LogP contribution < -0.4 is 5.32 Å². The Labute approximate surface area is 117 Å². The van der Waals surface area contributed by atoms with Gasteiger partial charge in [-0.2, -0.15) is 0 Å². The van der Waals surface area contributed by atoms with Crippen molar-refractivity contribution in [2.24, 2.45) is 0 Å². The number of aliphatic carboxylic acids is 1. The summed E-state index contributed by atoms with van der Waals surface area (Å²) >= 11 is 0. The molecule has 5 heteroatoms. The molecule has 2 rings (SSSR count). The summed E-state index contributed by atoms with van der Waals surface area (Å²) in [5.74, 6) is -1.09. The maximum Gasteiger partial charge on any atom is 0.332 e. The number of rotatable bonds is 5. The van der Waals surface area contributed by atoms with Crippen LogP contribution >= 0.6 is 0 Å². The summed E-state index contributed by atoms with van der Waals surface area (Å²) in [6, 6.07) is 7.45. The Morgan fingerprint density at radius 1 is 1.30 bits per heavy atom. The predicted molar refractivity (Wildman–Crippen MR) is 73.7 cm³/mol. The first kappa shape index (κ1) is 14.5. The summed E-state index contributed by atoms with van der Waals surface area (Å²) in [5.41, 5.74) is 1.79. The Bertz CT molecular complexity index is 483. The number of carbonyl (C=O) groups excluding carboxylic acids is 1. The Morgan fingerprint density at radius 3 is 2.55 bits per heavy atom. The molecule has 1 aromatic rings. The van der Waals surface area contributed by atoms with E-state index in [1.54, 1.807) is 12.1 Å². The normalized spacial score (nSPS) is 21.6. The first-order chi connectivity index (χ1) is 9.60. The number of amides is 1. The molecule has 0 bridgehead atoms. The predicted octanol–water partition coefficient (Wildman–Crippen LogP) is 1.61. The summed E-state index contributed by atoms with van der Waals surface area (Å²) in [7, 11) is 0. The second-order valence-corrected chi connectivity index (χ2v) is 4.92. The SMILES string of the molecule is CCc1ccc(C(=O)NCC2CCC(C(=O)O)O2)cc1. The molecule has 0 saturated carbocycles. The molecule has 2 atom stereocenters. The first-order valence-corrected chi connectivity index (χ1v) is 6.85. The number of carboxylic acids is 1. The van der Waals surface area contributed by atoms with Crippen LogP contribution in [0.4, 0.5) is 0 Å². The fraction of sp³-hybridized carbons (Fsp3) is 0.467. The van der Waals surface area contributed by atoms with E-state index in [0.29, 0.717) is 24.9 Å².